The monoisotopic (exact) mass is 240 g/mol. The van der Waals surface area contributed by atoms with Gasteiger partial charge in [-0.2, -0.15) is 0 Å². The van der Waals surface area contributed by atoms with E-state index in [1.807, 2.05) is 13.0 Å². The third kappa shape index (κ3) is 4.30. The minimum atomic E-state index is -0.849. The molecule has 0 aromatic carbocycles. The highest BCUT2D eigenvalue weighted by Gasteiger charge is 2.31. The molecule has 0 aromatic heterocycles. The van der Waals surface area contributed by atoms with Crippen LogP contribution in [0.5, 0.6) is 0 Å². The standard InChI is InChI=1S/C12H20N2O3/c1-3-6-13-11(4-2)14-8-10-12(16)9(15)5-7-17-10/h3-4,6,9-10,12,14-16H,1,5,7-8H2,2H3/b11-4+,13-6?/t9-,10-,12-/m1/s1. The van der Waals surface area contributed by atoms with Crippen molar-refractivity contribution in [3.8, 4) is 0 Å². The largest absolute Gasteiger partial charge is 0.390 e. The summed E-state index contributed by atoms with van der Waals surface area (Å²) in [5.41, 5.74) is 0. The Balaban J connectivity index is 2.43. The van der Waals surface area contributed by atoms with Crippen LogP contribution in [-0.4, -0.2) is 47.9 Å². The van der Waals surface area contributed by atoms with E-state index in [-0.39, 0.29) is 0 Å². The van der Waals surface area contributed by atoms with Crippen LogP contribution < -0.4 is 5.32 Å². The number of aliphatic imine (C=N–C) groups is 1. The molecule has 0 amide bonds. The second-order valence-corrected chi connectivity index (χ2v) is 3.82. The summed E-state index contributed by atoms with van der Waals surface area (Å²) in [5.74, 6) is 0.681. The molecule has 17 heavy (non-hydrogen) atoms. The molecular weight excluding hydrogens is 220 g/mol. The van der Waals surface area contributed by atoms with E-state index in [0.717, 1.165) is 0 Å². The van der Waals surface area contributed by atoms with Crippen LogP contribution >= 0.6 is 0 Å². The lowest BCUT2D eigenvalue weighted by Gasteiger charge is -2.32. The van der Waals surface area contributed by atoms with Gasteiger partial charge in [-0.25, -0.2) is 4.99 Å². The predicted octanol–water partition coefficient (Wildman–Crippen LogP) is 0.205. The van der Waals surface area contributed by atoms with Gasteiger partial charge in [0.1, 0.15) is 18.0 Å². The minimum Gasteiger partial charge on any atom is -0.390 e. The highest BCUT2D eigenvalue weighted by molar-refractivity contribution is 5.71. The maximum atomic E-state index is 9.71. The van der Waals surface area contributed by atoms with E-state index in [1.165, 1.54) is 0 Å². The Hall–Kier alpha value is -1.17. The lowest BCUT2D eigenvalue weighted by Crippen LogP contribution is -2.48. The number of aliphatic hydroxyl groups is 2. The van der Waals surface area contributed by atoms with E-state index in [0.29, 0.717) is 25.4 Å². The Morgan fingerprint density at radius 3 is 3.00 bits per heavy atom. The van der Waals surface area contributed by atoms with Crippen LogP contribution in [0.2, 0.25) is 0 Å². The number of hydrogen-bond donors (Lipinski definition) is 3. The van der Waals surface area contributed by atoms with Crippen molar-refractivity contribution in [2.75, 3.05) is 13.2 Å². The summed E-state index contributed by atoms with van der Waals surface area (Å²) >= 11 is 0. The average molecular weight is 240 g/mol. The smallest absolute Gasteiger partial charge is 0.121 e. The quantitative estimate of drug-likeness (QED) is 0.600. The molecule has 1 heterocycles. The molecule has 0 bridgehead atoms. The molecule has 1 saturated heterocycles. The fraction of sp³-hybridized carbons (Fsp3) is 0.583. The van der Waals surface area contributed by atoms with Gasteiger partial charge >= 0.3 is 0 Å². The fourth-order valence-corrected chi connectivity index (χ4v) is 1.60. The number of allylic oxidation sites excluding steroid dienone is 2. The third-order valence-corrected chi connectivity index (χ3v) is 2.60. The maximum absolute atomic E-state index is 9.71. The lowest BCUT2D eigenvalue weighted by molar-refractivity contribution is -0.132. The summed E-state index contributed by atoms with van der Waals surface area (Å²) in [6.07, 6.45) is 3.48. The molecule has 96 valence electrons. The molecule has 3 N–H and O–H groups in total. The van der Waals surface area contributed by atoms with E-state index in [4.69, 9.17) is 4.74 Å². The van der Waals surface area contributed by atoms with Crippen LogP contribution in [0.15, 0.2) is 29.5 Å². The second kappa shape index (κ2) is 7.21. The van der Waals surface area contributed by atoms with Crippen LogP contribution in [0.4, 0.5) is 0 Å². The molecule has 0 aliphatic carbocycles. The number of rotatable bonds is 5. The van der Waals surface area contributed by atoms with Gasteiger partial charge in [-0.15, -0.1) is 0 Å². The van der Waals surface area contributed by atoms with Crippen molar-refractivity contribution >= 4 is 6.21 Å². The SMILES string of the molecule is C=CC=N/C(=C\C)NC[C@H]1OCC[C@@H](O)[C@H]1O. The molecule has 5 heteroatoms. The topological polar surface area (TPSA) is 74.1 Å². The molecule has 1 rings (SSSR count). The molecule has 0 saturated carbocycles. The van der Waals surface area contributed by atoms with E-state index >= 15 is 0 Å². The van der Waals surface area contributed by atoms with Crippen molar-refractivity contribution in [1.82, 2.24) is 5.32 Å². The summed E-state index contributed by atoms with van der Waals surface area (Å²) < 4.78 is 5.39. The highest BCUT2D eigenvalue weighted by atomic mass is 16.5. The number of aliphatic hydroxyl groups excluding tert-OH is 2. The van der Waals surface area contributed by atoms with Crippen molar-refractivity contribution in [2.24, 2.45) is 4.99 Å². The van der Waals surface area contributed by atoms with E-state index in [9.17, 15) is 10.2 Å². The maximum Gasteiger partial charge on any atom is 0.121 e. The van der Waals surface area contributed by atoms with Crippen molar-refractivity contribution in [1.29, 1.82) is 0 Å². The molecule has 3 atom stereocenters. The molecule has 1 fully saturated rings. The Morgan fingerprint density at radius 2 is 2.35 bits per heavy atom. The van der Waals surface area contributed by atoms with Gasteiger partial charge in [-0.3, -0.25) is 0 Å². The van der Waals surface area contributed by atoms with Gasteiger partial charge in [-0.1, -0.05) is 12.7 Å². The summed E-state index contributed by atoms with van der Waals surface area (Å²) in [6, 6.07) is 0. The Morgan fingerprint density at radius 1 is 1.59 bits per heavy atom. The first kappa shape index (κ1) is 13.9. The van der Waals surface area contributed by atoms with Gasteiger partial charge in [0.25, 0.3) is 0 Å². The first-order valence-electron chi connectivity index (χ1n) is 5.72. The number of ether oxygens (including phenoxy) is 1. The third-order valence-electron chi connectivity index (χ3n) is 2.60. The Bertz CT molecular complexity index is 302. The zero-order valence-corrected chi connectivity index (χ0v) is 10.0. The van der Waals surface area contributed by atoms with Crippen molar-refractivity contribution in [3.05, 3.63) is 24.6 Å². The predicted molar refractivity (Wildman–Crippen MR) is 66.8 cm³/mol. The molecule has 0 aromatic rings. The molecule has 1 aliphatic rings. The van der Waals surface area contributed by atoms with Gasteiger partial charge in [0.15, 0.2) is 0 Å². The Kier molecular flexibility index (Phi) is 5.90. The normalized spacial score (nSPS) is 30.5. The van der Waals surface area contributed by atoms with E-state index < -0.39 is 18.3 Å². The minimum absolute atomic E-state index is 0.409. The molecule has 0 unspecified atom stereocenters. The molecular formula is C12H20N2O3. The lowest BCUT2D eigenvalue weighted by atomic mass is 10.0. The number of hydrogen-bond acceptors (Lipinski definition) is 5. The summed E-state index contributed by atoms with van der Waals surface area (Å²) in [4.78, 5) is 4.10. The van der Waals surface area contributed by atoms with Crippen LogP contribution in [0.3, 0.4) is 0 Å². The number of nitrogens with one attached hydrogen (secondary N) is 1. The van der Waals surface area contributed by atoms with Gasteiger partial charge in [-0.05, 0) is 19.4 Å². The van der Waals surface area contributed by atoms with E-state index in [2.05, 4.69) is 16.9 Å². The summed E-state index contributed by atoms with van der Waals surface area (Å²) in [7, 11) is 0. The zero-order chi connectivity index (χ0) is 12.7. The highest BCUT2D eigenvalue weighted by Crippen LogP contribution is 2.14. The van der Waals surface area contributed by atoms with Gasteiger partial charge in [0.05, 0.1) is 6.10 Å². The molecule has 0 radical (unpaired) electrons. The molecule has 5 nitrogen and oxygen atoms in total. The fourth-order valence-electron chi connectivity index (χ4n) is 1.60. The van der Waals surface area contributed by atoms with Gasteiger partial charge < -0.3 is 20.3 Å². The number of nitrogens with zero attached hydrogens (tertiary/aromatic N) is 1. The Labute approximate surface area is 102 Å². The molecule has 1 aliphatic heterocycles. The van der Waals surface area contributed by atoms with Crippen molar-refractivity contribution < 1.29 is 14.9 Å². The van der Waals surface area contributed by atoms with Crippen molar-refractivity contribution in [2.45, 2.75) is 31.7 Å². The van der Waals surface area contributed by atoms with Crippen molar-refractivity contribution in [3.63, 3.8) is 0 Å². The molecule has 0 spiro atoms. The summed E-state index contributed by atoms with van der Waals surface area (Å²) in [6.45, 7) is 6.27. The van der Waals surface area contributed by atoms with Crippen LogP contribution in [-0.2, 0) is 4.74 Å². The first-order valence-corrected chi connectivity index (χ1v) is 5.72. The van der Waals surface area contributed by atoms with Crippen LogP contribution in [0, 0.1) is 0 Å². The first-order chi connectivity index (χ1) is 8.19. The van der Waals surface area contributed by atoms with Crippen LogP contribution in [0.25, 0.3) is 0 Å². The van der Waals surface area contributed by atoms with E-state index in [1.54, 1.807) is 12.3 Å². The van der Waals surface area contributed by atoms with Gasteiger partial charge in [0.2, 0.25) is 0 Å². The second-order valence-electron chi connectivity index (χ2n) is 3.82. The average Bonchev–Trinajstić information content (AvgIpc) is 2.34. The summed E-state index contributed by atoms with van der Waals surface area (Å²) in [5, 5.41) is 22.3. The zero-order valence-electron chi connectivity index (χ0n) is 10.0. The van der Waals surface area contributed by atoms with Gasteiger partial charge in [0, 0.05) is 19.4 Å². The van der Waals surface area contributed by atoms with Crippen LogP contribution in [0.1, 0.15) is 13.3 Å².